The molecule has 1 atom stereocenters. The summed E-state index contributed by atoms with van der Waals surface area (Å²) in [6.07, 6.45) is 7.04. The Kier molecular flexibility index (Phi) is 5.34. The van der Waals surface area contributed by atoms with E-state index >= 15 is 0 Å². The normalized spacial score (nSPS) is 20.0. The summed E-state index contributed by atoms with van der Waals surface area (Å²) in [6.45, 7) is 7.34. The molecule has 5 nitrogen and oxygen atoms in total. The summed E-state index contributed by atoms with van der Waals surface area (Å²) >= 11 is 0. The van der Waals surface area contributed by atoms with E-state index in [1.165, 1.54) is 5.70 Å². The van der Waals surface area contributed by atoms with E-state index in [0.717, 1.165) is 48.4 Å². The number of pyridine rings is 1. The molecule has 1 aliphatic heterocycles. The topological polar surface area (TPSA) is 61.3 Å². The monoisotopic (exact) mass is 337 g/mol. The third-order valence-corrected chi connectivity index (χ3v) is 4.43. The molecule has 0 radical (unpaired) electrons. The lowest BCUT2D eigenvalue weighted by Gasteiger charge is -2.33. The molecule has 0 saturated carbocycles. The van der Waals surface area contributed by atoms with Gasteiger partial charge in [0.1, 0.15) is 5.66 Å². The molecule has 1 aliphatic rings. The molecule has 0 amide bonds. The first-order valence-corrected chi connectivity index (χ1v) is 9.14. The highest BCUT2D eigenvalue weighted by molar-refractivity contribution is 6.02. The molecule has 25 heavy (non-hydrogen) atoms. The van der Waals surface area contributed by atoms with Gasteiger partial charge in [-0.2, -0.15) is 0 Å². The van der Waals surface area contributed by atoms with Crippen LogP contribution in [0.4, 0.5) is 5.69 Å². The zero-order valence-electron chi connectivity index (χ0n) is 15.3. The number of anilines is 1. The van der Waals surface area contributed by atoms with Crippen molar-refractivity contribution in [1.82, 2.24) is 15.6 Å². The van der Waals surface area contributed by atoms with E-state index in [0.29, 0.717) is 0 Å². The average molecular weight is 337 g/mol. The molecule has 0 fully saturated rings. The standard InChI is InChI=1S/C20H27N5/c1-4-9-16-14-20(5-2,22-6-3)25-19(23-16)24-17-12-7-10-15-11-8-13-21-18(15)17/h7-8,10-14,22H,4-6,9H2,1-3H3,(H2,23,24,25). The first kappa shape index (κ1) is 17.4. The molecule has 3 N–H and O–H groups in total. The SMILES string of the molecule is CCCC1=CC(CC)(NCC)N=C(Nc2cccc3cccnc23)N1. The van der Waals surface area contributed by atoms with E-state index in [1.54, 1.807) is 0 Å². The van der Waals surface area contributed by atoms with E-state index < -0.39 is 0 Å². The Morgan fingerprint density at radius 1 is 1.12 bits per heavy atom. The largest absolute Gasteiger partial charge is 0.330 e. The summed E-state index contributed by atoms with van der Waals surface area (Å²) in [5.41, 5.74) is 2.76. The second kappa shape index (κ2) is 7.66. The van der Waals surface area contributed by atoms with Gasteiger partial charge in [-0.1, -0.05) is 45.4 Å². The Morgan fingerprint density at radius 2 is 1.96 bits per heavy atom. The number of nitrogens with zero attached hydrogens (tertiary/aromatic N) is 2. The summed E-state index contributed by atoms with van der Waals surface area (Å²) in [5.74, 6) is 0.770. The number of aliphatic imine (C=N–C) groups is 1. The summed E-state index contributed by atoms with van der Waals surface area (Å²) in [5, 5.41) is 11.5. The van der Waals surface area contributed by atoms with Crippen molar-refractivity contribution in [3.8, 4) is 0 Å². The van der Waals surface area contributed by atoms with Crippen LogP contribution in [0.25, 0.3) is 10.9 Å². The number of para-hydroxylation sites is 1. The molecule has 1 unspecified atom stereocenters. The fourth-order valence-corrected chi connectivity index (χ4v) is 3.23. The van der Waals surface area contributed by atoms with Crippen molar-refractivity contribution < 1.29 is 0 Å². The fourth-order valence-electron chi connectivity index (χ4n) is 3.23. The van der Waals surface area contributed by atoms with Crippen LogP contribution in [0.3, 0.4) is 0 Å². The summed E-state index contributed by atoms with van der Waals surface area (Å²) in [6, 6.07) is 10.2. The lowest BCUT2D eigenvalue weighted by Crippen LogP contribution is -2.48. The number of hydrogen-bond acceptors (Lipinski definition) is 5. The van der Waals surface area contributed by atoms with Crippen molar-refractivity contribution >= 4 is 22.5 Å². The third kappa shape index (κ3) is 3.82. The minimum absolute atomic E-state index is 0.356. The van der Waals surface area contributed by atoms with Gasteiger partial charge in [0.2, 0.25) is 5.96 Å². The maximum absolute atomic E-state index is 4.94. The Labute approximate surface area is 149 Å². The van der Waals surface area contributed by atoms with Gasteiger partial charge >= 0.3 is 0 Å². The van der Waals surface area contributed by atoms with Gasteiger partial charge in [-0.25, -0.2) is 4.99 Å². The minimum atomic E-state index is -0.356. The number of fused-ring (bicyclic) bond motifs is 1. The minimum Gasteiger partial charge on any atom is -0.330 e. The van der Waals surface area contributed by atoms with Crippen molar-refractivity contribution in [2.24, 2.45) is 4.99 Å². The number of allylic oxidation sites excluding steroid dienone is 1. The van der Waals surface area contributed by atoms with E-state index in [1.807, 2.05) is 24.4 Å². The highest BCUT2D eigenvalue weighted by atomic mass is 15.3. The maximum Gasteiger partial charge on any atom is 0.202 e. The lowest BCUT2D eigenvalue weighted by molar-refractivity contribution is 0.405. The Bertz CT molecular complexity index is 790. The molecule has 0 bridgehead atoms. The van der Waals surface area contributed by atoms with E-state index in [2.05, 4.69) is 59.9 Å². The number of nitrogens with one attached hydrogen (secondary N) is 3. The van der Waals surface area contributed by atoms with Gasteiger partial charge in [0.15, 0.2) is 0 Å². The second-order valence-corrected chi connectivity index (χ2v) is 6.32. The van der Waals surface area contributed by atoms with E-state index in [-0.39, 0.29) is 5.66 Å². The molecule has 3 rings (SSSR count). The van der Waals surface area contributed by atoms with Crippen LogP contribution in [0.1, 0.15) is 40.0 Å². The van der Waals surface area contributed by atoms with Crippen molar-refractivity contribution in [2.45, 2.75) is 45.7 Å². The number of likely N-dealkylation sites (N-methyl/N-ethyl adjacent to an activating group) is 1. The molecule has 2 aromatic rings. The second-order valence-electron chi connectivity index (χ2n) is 6.32. The fraction of sp³-hybridized carbons (Fsp3) is 0.400. The molecule has 1 aromatic heterocycles. The summed E-state index contributed by atoms with van der Waals surface area (Å²) in [7, 11) is 0. The van der Waals surface area contributed by atoms with Crippen molar-refractivity contribution in [2.75, 3.05) is 11.9 Å². The molecule has 0 saturated heterocycles. The first-order valence-electron chi connectivity index (χ1n) is 9.14. The summed E-state index contributed by atoms with van der Waals surface area (Å²) < 4.78 is 0. The van der Waals surface area contributed by atoms with Gasteiger partial charge in [-0.15, -0.1) is 0 Å². The first-order chi connectivity index (χ1) is 12.2. The van der Waals surface area contributed by atoms with Crippen LogP contribution < -0.4 is 16.0 Å². The Balaban J connectivity index is 1.94. The molecule has 2 heterocycles. The molecular formula is C20H27N5. The zero-order valence-corrected chi connectivity index (χ0v) is 15.3. The molecular weight excluding hydrogens is 310 g/mol. The smallest absolute Gasteiger partial charge is 0.202 e. The third-order valence-electron chi connectivity index (χ3n) is 4.43. The van der Waals surface area contributed by atoms with Crippen LogP contribution in [-0.2, 0) is 0 Å². The number of benzene rings is 1. The van der Waals surface area contributed by atoms with Crippen molar-refractivity contribution in [3.63, 3.8) is 0 Å². The van der Waals surface area contributed by atoms with Gasteiger partial charge < -0.3 is 10.6 Å². The van der Waals surface area contributed by atoms with Crippen LogP contribution in [-0.4, -0.2) is 23.2 Å². The molecule has 0 spiro atoms. The Morgan fingerprint density at radius 3 is 2.72 bits per heavy atom. The number of guanidine groups is 1. The van der Waals surface area contributed by atoms with Crippen molar-refractivity contribution in [1.29, 1.82) is 0 Å². The molecule has 0 aliphatic carbocycles. The van der Waals surface area contributed by atoms with Crippen molar-refractivity contribution in [3.05, 3.63) is 48.3 Å². The van der Waals surface area contributed by atoms with Gasteiger partial charge in [0.25, 0.3) is 0 Å². The van der Waals surface area contributed by atoms with Gasteiger partial charge in [0, 0.05) is 17.3 Å². The van der Waals surface area contributed by atoms with Crippen LogP contribution in [0.2, 0.25) is 0 Å². The molecule has 1 aromatic carbocycles. The van der Waals surface area contributed by atoms with Crippen LogP contribution >= 0.6 is 0 Å². The van der Waals surface area contributed by atoms with Gasteiger partial charge in [-0.05, 0) is 37.6 Å². The molecule has 132 valence electrons. The number of rotatable bonds is 6. The van der Waals surface area contributed by atoms with Crippen LogP contribution in [0.5, 0.6) is 0 Å². The van der Waals surface area contributed by atoms with Crippen LogP contribution in [0, 0.1) is 0 Å². The number of aromatic nitrogens is 1. The van der Waals surface area contributed by atoms with Gasteiger partial charge in [0.05, 0.1) is 11.2 Å². The average Bonchev–Trinajstić information content (AvgIpc) is 2.62. The quantitative estimate of drug-likeness (QED) is 0.745. The van der Waals surface area contributed by atoms with Crippen LogP contribution in [0.15, 0.2) is 53.3 Å². The number of hydrogen-bond donors (Lipinski definition) is 3. The maximum atomic E-state index is 4.94. The lowest BCUT2D eigenvalue weighted by atomic mass is 10.0. The highest BCUT2D eigenvalue weighted by Crippen LogP contribution is 2.24. The molecule has 5 heteroatoms. The zero-order chi connectivity index (χ0) is 17.7. The predicted octanol–water partition coefficient (Wildman–Crippen LogP) is 4.01. The van der Waals surface area contributed by atoms with Gasteiger partial charge in [-0.3, -0.25) is 10.3 Å². The summed E-state index contributed by atoms with van der Waals surface area (Å²) in [4.78, 5) is 9.45. The highest BCUT2D eigenvalue weighted by Gasteiger charge is 2.29. The predicted molar refractivity (Wildman–Crippen MR) is 106 cm³/mol. The van der Waals surface area contributed by atoms with E-state index in [9.17, 15) is 0 Å². The Hall–Kier alpha value is -2.40. The van der Waals surface area contributed by atoms with E-state index in [4.69, 9.17) is 4.99 Å².